The molecule has 1 saturated heterocycles. The normalized spacial score (nSPS) is 24.3. The highest BCUT2D eigenvalue weighted by Gasteiger charge is 2.22. The summed E-state index contributed by atoms with van der Waals surface area (Å²) in [5, 5.41) is 9.87. The molecule has 3 heteroatoms. The number of β-amino-alcohol motifs (C(OH)–C–C–N with tert-alkyl or cyclic N) is 1. The van der Waals surface area contributed by atoms with Gasteiger partial charge in [0.1, 0.15) is 6.23 Å². The second kappa shape index (κ2) is 4.75. The predicted molar refractivity (Wildman–Crippen MR) is 59.2 cm³/mol. The van der Waals surface area contributed by atoms with Crippen molar-refractivity contribution in [3.63, 3.8) is 0 Å². The molecule has 0 bridgehead atoms. The second-order valence-corrected chi connectivity index (χ2v) is 4.13. The molecular weight excluding hydrogens is 188 g/mol. The highest BCUT2D eigenvalue weighted by atomic mass is 16.3. The Morgan fingerprint density at radius 1 is 1.53 bits per heavy atom. The molecule has 1 aromatic rings. The molecule has 1 unspecified atom stereocenters. The average Bonchev–Trinajstić information content (AvgIpc) is 2.24. The maximum atomic E-state index is 9.87. The van der Waals surface area contributed by atoms with Crippen LogP contribution >= 0.6 is 0 Å². The summed E-state index contributed by atoms with van der Waals surface area (Å²) in [7, 11) is 2.04. The molecule has 0 aromatic heterocycles. The van der Waals surface area contributed by atoms with E-state index < -0.39 is 0 Å². The largest absolute Gasteiger partial charge is 0.377 e. The van der Waals surface area contributed by atoms with Crippen LogP contribution in [-0.2, 0) is 6.54 Å². The van der Waals surface area contributed by atoms with Gasteiger partial charge in [0.15, 0.2) is 0 Å². The molecule has 3 nitrogen and oxygen atoms in total. The van der Waals surface area contributed by atoms with E-state index in [2.05, 4.69) is 21.9 Å². The lowest BCUT2D eigenvalue weighted by molar-refractivity contribution is -0.0537. The lowest BCUT2D eigenvalue weighted by atomic mass is 10.2. The summed E-state index contributed by atoms with van der Waals surface area (Å²) in [5.41, 5.74) is 1.21. The quantitative estimate of drug-likeness (QED) is 0.764. The molecule has 1 aliphatic heterocycles. The molecule has 1 N–H and O–H groups in total. The van der Waals surface area contributed by atoms with Crippen LogP contribution in [0.4, 0.5) is 0 Å². The van der Waals surface area contributed by atoms with Crippen LogP contribution in [0.5, 0.6) is 0 Å². The Labute approximate surface area is 90.9 Å². The summed E-state index contributed by atoms with van der Waals surface area (Å²) in [4.78, 5) is 4.25. The molecule has 0 saturated carbocycles. The monoisotopic (exact) mass is 205 g/mol. The van der Waals surface area contributed by atoms with Gasteiger partial charge in [0.05, 0.1) is 0 Å². The Balaban J connectivity index is 1.95. The maximum Gasteiger partial charge on any atom is 0.120 e. The second-order valence-electron chi connectivity index (χ2n) is 4.13. The van der Waals surface area contributed by atoms with E-state index >= 15 is 0 Å². The van der Waals surface area contributed by atoms with Gasteiger partial charge in [0.25, 0.3) is 0 Å². The molecule has 1 aromatic carbocycles. The highest BCUT2D eigenvalue weighted by Crippen LogP contribution is 2.10. The molecular formula is C12H17N2O. The SMILES string of the molecule is CN1CCN(Cc2c[c]ccc2)C(O)C1. The van der Waals surface area contributed by atoms with E-state index in [9.17, 15) is 5.11 Å². The fourth-order valence-electron chi connectivity index (χ4n) is 1.88. The van der Waals surface area contributed by atoms with Crippen LogP contribution in [0.3, 0.4) is 0 Å². The number of hydrogen-bond donors (Lipinski definition) is 1. The fourth-order valence-corrected chi connectivity index (χ4v) is 1.88. The van der Waals surface area contributed by atoms with Crippen molar-refractivity contribution in [3.8, 4) is 0 Å². The Kier molecular flexibility index (Phi) is 3.36. The molecule has 2 rings (SSSR count). The van der Waals surface area contributed by atoms with Crippen LogP contribution in [0.2, 0.25) is 0 Å². The predicted octanol–water partition coefficient (Wildman–Crippen LogP) is 0.553. The van der Waals surface area contributed by atoms with E-state index in [1.165, 1.54) is 5.56 Å². The Morgan fingerprint density at radius 3 is 3.07 bits per heavy atom. The minimum atomic E-state index is -0.344. The van der Waals surface area contributed by atoms with Crippen LogP contribution in [0.1, 0.15) is 5.56 Å². The first-order valence-electron chi connectivity index (χ1n) is 5.31. The molecule has 1 aliphatic rings. The summed E-state index contributed by atoms with van der Waals surface area (Å²) >= 11 is 0. The fraction of sp³-hybridized carbons (Fsp3) is 0.500. The zero-order chi connectivity index (χ0) is 10.7. The van der Waals surface area contributed by atoms with Crippen molar-refractivity contribution < 1.29 is 5.11 Å². The van der Waals surface area contributed by atoms with Gasteiger partial charge in [-0.05, 0) is 24.7 Å². The summed E-state index contributed by atoms with van der Waals surface area (Å²) in [5.74, 6) is 0. The molecule has 1 fully saturated rings. The van der Waals surface area contributed by atoms with E-state index in [1.807, 2.05) is 25.2 Å². The first kappa shape index (κ1) is 10.6. The lowest BCUT2D eigenvalue weighted by Crippen LogP contribution is -2.51. The summed E-state index contributed by atoms with van der Waals surface area (Å²) in [6.07, 6.45) is -0.344. The van der Waals surface area contributed by atoms with E-state index in [4.69, 9.17) is 0 Å². The van der Waals surface area contributed by atoms with Crippen LogP contribution in [0, 0.1) is 6.07 Å². The first-order chi connectivity index (χ1) is 7.25. The molecule has 1 heterocycles. The minimum Gasteiger partial charge on any atom is -0.377 e. The van der Waals surface area contributed by atoms with Gasteiger partial charge in [0.2, 0.25) is 0 Å². The van der Waals surface area contributed by atoms with E-state index in [1.54, 1.807) is 0 Å². The molecule has 0 aliphatic carbocycles. The summed E-state index contributed by atoms with van der Waals surface area (Å²) in [6.45, 7) is 3.49. The standard InChI is InChI=1S/C12H17N2O/c1-13-7-8-14(12(15)10-13)9-11-5-3-2-4-6-11/h2-3,5-6,12,15H,7-10H2,1H3. The molecule has 15 heavy (non-hydrogen) atoms. The summed E-state index contributed by atoms with van der Waals surface area (Å²) in [6, 6.07) is 11.0. The van der Waals surface area contributed by atoms with Crippen molar-refractivity contribution in [2.75, 3.05) is 26.7 Å². The van der Waals surface area contributed by atoms with E-state index in [0.717, 1.165) is 26.2 Å². The third-order valence-electron chi connectivity index (χ3n) is 2.82. The highest BCUT2D eigenvalue weighted by molar-refractivity contribution is 5.13. The van der Waals surface area contributed by atoms with Crippen LogP contribution in [0.15, 0.2) is 24.3 Å². The topological polar surface area (TPSA) is 26.7 Å². The molecule has 1 radical (unpaired) electrons. The van der Waals surface area contributed by atoms with Crippen molar-refractivity contribution in [3.05, 3.63) is 35.9 Å². The minimum absolute atomic E-state index is 0.344. The number of nitrogens with zero attached hydrogens (tertiary/aromatic N) is 2. The van der Waals surface area contributed by atoms with Crippen molar-refractivity contribution in [2.24, 2.45) is 0 Å². The zero-order valence-electron chi connectivity index (χ0n) is 9.06. The number of hydrogen-bond acceptors (Lipinski definition) is 3. The first-order valence-corrected chi connectivity index (χ1v) is 5.31. The Hall–Kier alpha value is -0.900. The summed E-state index contributed by atoms with van der Waals surface area (Å²) < 4.78 is 0. The molecule has 1 atom stereocenters. The van der Waals surface area contributed by atoms with Gasteiger partial charge in [-0.25, -0.2) is 0 Å². The molecule has 81 valence electrons. The number of benzene rings is 1. The van der Waals surface area contributed by atoms with Crippen molar-refractivity contribution in [1.29, 1.82) is 0 Å². The average molecular weight is 205 g/mol. The Morgan fingerprint density at radius 2 is 2.40 bits per heavy atom. The van der Waals surface area contributed by atoms with Gasteiger partial charge >= 0.3 is 0 Å². The van der Waals surface area contributed by atoms with Gasteiger partial charge in [-0.1, -0.05) is 18.2 Å². The van der Waals surface area contributed by atoms with Gasteiger partial charge < -0.3 is 10.0 Å². The van der Waals surface area contributed by atoms with Gasteiger partial charge in [-0.3, -0.25) is 4.90 Å². The smallest absolute Gasteiger partial charge is 0.120 e. The number of aliphatic hydroxyl groups is 1. The number of likely N-dealkylation sites (N-methyl/N-ethyl adjacent to an activating group) is 1. The third-order valence-corrected chi connectivity index (χ3v) is 2.82. The molecule has 0 spiro atoms. The van der Waals surface area contributed by atoms with Crippen LogP contribution < -0.4 is 0 Å². The van der Waals surface area contributed by atoms with E-state index in [0.29, 0.717) is 0 Å². The zero-order valence-corrected chi connectivity index (χ0v) is 9.06. The van der Waals surface area contributed by atoms with Crippen molar-refractivity contribution >= 4 is 0 Å². The van der Waals surface area contributed by atoms with Crippen LogP contribution in [0.25, 0.3) is 0 Å². The third kappa shape index (κ3) is 2.78. The number of aliphatic hydroxyl groups excluding tert-OH is 1. The van der Waals surface area contributed by atoms with Crippen molar-refractivity contribution in [1.82, 2.24) is 9.80 Å². The number of piperazine rings is 1. The lowest BCUT2D eigenvalue weighted by Gasteiger charge is -2.36. The van der Waals surface area contributed by atoms with E-state index in [-0.39, 0.29) is 6.23 Å². The molecule has 0 amide bonds. The van der Waals surface area contributed by atoms with Gasteiger partial charge in [-0.15, -0.1) is 0 Å². The van der Waals surface area contributed by atoms with Crippen LogP contribution in [-0.4, -0.2) is 47.8 Å². The Bertz CT molecular complexity index is 302. The van der Waals surface area contributed by atoms with Gasteiger partial charge in [0, 0.05) is 26.2 Å². The number of rotatable bonds is 2. The van der Waals surface area contributed by atoms with Gasteiger partial charge in [-0.2, -0.15) is 0 Å². The van der Waals surface area contributed by atoms with Crippen molar-refractivity contribution in [2.45, 2.75) is 12.8 Å². The maximum absolute atomic E-state index is 9.87.